The van der Waals surface area contributed by atoms with Gasteiger partial charge in [-0.3, -0.25) is 0 Å². The lowest BCUT2D eigenvalue weighted by Gasteiger charge is -2.09. The normalized spacial score (nSPS) is 15.5. The van der Waals surface area contributed by atoms with E-state index in [1.54, 1.807) is 0 Å². The molecule has 14 heavy (non-hydrogen) atoms. The Morgan fingerprint density at radius 3 is 2.79 bits per heavy atom. The molecule has 0 aromatic rings. The van der Waals surface area contributed by atoms with Crippen LogP contribution in [0.1, 0.15) is 41.4 Å². The number of hydrogen-bond donors (Lipinski definition) is 0. The van der Waals surface area contributed by atoms with Crippen LogP contribution in [0.15, 0.2) is 11.6 Å². The lowest BCUT2D eigenvalue weighted by molar-refractivity contribution is -0.111. The molecule has 0 saturated carbocycles. The van der Waals surface area contributed by atoms with Crippen molar-refractivity contribution in [2.75, 3.05) is 13.2 Å². The third kappa shape index (κ3) is 9.46. The number of carbonyl (C=O) groups excluding carboxylic acids is 1. The van der Waals surface area contributed by atoms with E-state index < -0.39 is 6.58 Å². The van der Waals surface area contributed by atoms with E-state index in [9.17, 15) is 4.79 Å². The predicted molar refractivity (Wildman–Crippen MR) is 59.3 cm³/mol. The van der Waals surface area contributed by atoms with Gasteiger partial charge < -0.3 is 9.53 Å². The summed E-state index contributed by atoms with van der Waals surface area (Å²) in [6.45, 7) is 5.87. The van der Waals surface area contributed by atoms with Crippen molar-refractivity contribution in [2.24, 2.45) is 5.92 Å². The van der Waals surface area contributed by atoms with Crippen LogP contribution in [0.25, 0.3) is 0 Å². The molecule has 0 heterocycles. The molecule has 0 saturated heterocycles. The summed E-state index contributed by atoms with van der Waals surface area (Å²) in [7, 11) is 0. The third-order valence-electron chi connectivity index (χ3n) is 2.09. The van der Waals surface area contributed by atoms with Crippen LogP contribution in [0.3, 0.4) is 0 Å². The number of ether oxygens (including phenoxy) is 1. The molecule has 82 valence electrons. The Morgan fingerprint density at radius 2 is 2.21 bits per heavy atom. The lowest BCUT2D eigenvalue weighted by Crippen LogP contribution is -2.03. The molecule has 0 N–H and O–H groups in total. The maximum Gasteiger partial charge on any atom is 0.145 e. The van der Waals surface area contributed by atoms with E-state index in [2.05, 4.69) is 26.8 Å². The summed E-state index contributed by atoms with van der Waals surface area (Å²) < 4.78 is 12.0. The Morgan fingerprint density at radius 1 is 1.50 bits per heavy atom. The van der Waals surface area contributed by atoms with Crippen LogP contribution in [-0.2, 0) is 9.53 Å². The first-order chi connectivity index (χ1) is 7.06. The number of hydrogen-bond acceptors (Lipinski definition) is 2. The SMILES string of the molecule is [2H]C(C=O)OCCC(C)CCC=C(C)C. The van der Waals surface area contributed by atoms with E-state index in [4.69, 9.17) is 6.11 Å². The highest BCUT2D eigenvalue weighted by molar-refractivity contribution is 5.50. The number of rotatable bonds is 8. The Hall–Kier alpha value is -0.630. The van der Waals surface area contributed by atoms with E-state index in [-0.39, 0.29) is 0 Å². The van der Waals surface area contributed by atoms with Gasteiger partial charge in [0.2, 0.25) is 0 Å². The molecule has 0 fully saturated rings. The van der Waals surface area contributed by atoms with Crippen molar-refractivity contribution >= 4 is 6.29 Å². The molecule has 0 aliphatic rings. The zero-order valence-corrected chi connectivity index (χ0v) is 9.45. The molecular formula is C12H22O2. The van der Waals surface area contributed by atoms with Gasteiger partial charge in [-0.25, -0.2) is 0 Å². The molecule has 0 rings (SSSR count). The summed E-state index contributed by atoms with van der Waals surface area (Å²) in [4.78, 5) is 10.1. The monoisotopic (exact) mass is 199 g/mol. The first-order valence-corrected chi connectivity index (χ1v) is 5.18. The van der Waals surface area contributed by atoms with Gasteiger partial charge in [-0.1, -0.05) is 18.6 Å². The van der Waals surface area contributed by atoms with Crippen molar-refractivity contribution in [3.05, 3.63) is 11.6 Å². The van der Waals surface area contributed by atoms with Crippen LogP contribution in [0.4, 0.5) is 0 Å². The summed E-state index contributed by atoms with van der Waals surface area (Å²) in [6.07, 6.45) is 5.89. The molecule has 0 spiro atoms. The molecule has 2 atom stereocenters. The smallest absolute Gasteiger partial charge is 0.145 e. The van der Waals surface area contributed by atoms with Crippen LogP contribution in [0.2, 0.25) is 0 Å². The quantitative estimate of drug-likeness (QED) is 0.444. The van der Waals surface area contributed by atoms with Gasteiger partial charge >= 0.3 is 0 Å². The molecule has 0 aromatic carbocycles. The molecule has 0 radical (unpaired) electrons. The topological polar surface area (TPSA) is 26.3 Å². The highest BCUT2D eigenvalue weighted by atomic mass is 16.5. The number of carbonyl (C=O) groups is 1. The molecule has 0 aromatic heterocycles. The van der Waals surface area contributed by atoms with Gasteiger partial charge in [-0.05, 0) is 39.0 Å². The van der Waals surface area contributed by atoms with Crippen LogP contribution in [-0.4, -0.2) is 19.5 Å². The molecule has 2 unspecified atom stereocenters. The van der Waals surface area contributed by atoms with Crippen molar-refractivity contribution in [1.29, 1.82) is 0 Å². The Kier molecular flexibility index (Phi) is 7.31. The van der Waals surface area contributed by atoms with E-state index in [1.165, 1.54) is 5.57 Å². The molecule has 0 aliphatic heterocycles. The molecule has 2 nitrogen and oxygen atoms in total. The second-order valence-corrected chi connectivity index (χ2v) is 3.90. The zero-order chi connectivity index (χ0) is 11.7. The first-order valence-electron chi connectivity index (χ1n) is 5.76. The maximum absolute atomic E-state index is 10.1. The molecule has 0 bridgehead atoms. The highest BCUT2D eigenvalue weighted by Gasteiger charge is 2.00. The summed E-state index contributed by atoms with van der Waals surface area (Å²) in [5, 5.41) is 0. The van der Waals surface area contributed by atoms with Gasteiger partial charge in [0.1, 0.15) is 12.9 Å². The highest BCUT2D eigenvalue weighted by Crippen LogP contribution is 2.11. The molecule has 0 aliphatic carbocycles. The van der Waals surface area contributed by atoms with Crippen LogP contribution in [0, 0.1) is 5.92 Å². The van der Waals surface area contributed by atoms with Gasteiger partial charge in [0.15, 0.2) is 0 Å². The van der Waals surface area contributed by atoms with E-state index in [0.717, 1.165) is 19.3 Å². The molecule has 2 heteroatoms. The Bertz CT molecular complexity index is 198. The van der Waals surface area contributed by atoms with E-state index in [1.807, 2.05) is 0 Å². The fourth-order valence-electron chi connectivity index (χ4n) is 1.18. The maximum atomic E-state index is 10.1. The van der Waals surface area contributed by atoms with Crippen molar-refractivity contribution in [3.8, 4) is 0 Å². The molecule has 0 amide bonds. The van der Waals surface area contributed by atoms with Gasteiger partial charge in [0, 0.05) is 6.61 Å². The largest absolute Gasteiger partial charge is 0.374 e. The van der Waals surface area contributed by atoms with Gasteiger partial charge in [-0.2, -0.15) is 0 Å². The van der Waals surface area contributed by atoms with Crippen molar-refractivity contribution in [2.45, 2.75) is 40.0 Å². The third-order valence-corrected chi connectivity index (χ3v) is 2.09. The summed E-state index contributed by atoms with van der Waals surface area (Å²) in [6, 6.07) is 0. The molecular weight excluding hydrogens is 176 g/mol. The standard InChI is InChI=1S/C12H22O2/c1-11(2)5-4-6-12(3)7-9-14-10-8-13/h5,8,12H,4,6-7,9-10H2,1-3H3/i10D. The van der Waals surface area contributed by atoms with Gasteiger partial charge in [-0.15, -0.1) is 0 Å². The minimum absolute atomic E-state index is 0.503. The average molecular weight is 199 g/mol. The van der Waals surface area contributed by atoms with Crippen LogP contribution >= 0.6 is 0 Å². The average Bonchev–Trinajstić information content (AvgIpc) is 2.17. The van der Waals surface area contributed by atoms with Gasteiger partial charge in [0.25, 0.3) is 0 Å². The first kappa shape index (κ1) is 11.4. The zero-order valence-electron chi connectivity index (χ0n) is 10.5. The minimum atomic E-state index is -1.00. The van der Waals surface area contributed by atoms with Gasteiger partial charge in [0.05, 0.1) is 1.37 Å². The fourth-order valence-corrected chi connectivity index (χ4v) is 1.18. The number of aldehydes is 1. The lowest BCUT2D eigenvalue weighted by atomic mass is 10.0. The van der Waals surface area contributed by atoms with Crippen molar-refractivity contribution in [3.63, 3.8) is 0 Å². The Labute approximate surface area is 88.7 Å². The summed E-state index contributed by atoms with van der Waals surface area (Å²) in [5.74, 6) is 0.583. The predicted octanol–water partition coefficient (Wildman–Crippen LogP) is 2.97. The second-order valence-electron chi connectivity index (χ2n) is 3.90. The second kappa shape index (κ2) is 8.95. The van der Waals surface area contributed by atoms with E-state index >= 15 is 0 Å². The van der Waals surface area contributed by atoms with Crippen molar-refractivity contribution in [1.82, 2.24) is 0 Å². The van der Waals surface area contributed by atoms with Crippen molar-refractivity contribution < 1.29 is 10.9 Å². The minimum Gasteiger partial charge on any atom is -0.374 e. The fraction of sp³-hybridized carbons (Fsp3) is 0.750. The summed E-state index contributed by atoms with van der Waals surface area (Å²) in [5.41, 5.74) is 1.35. The Balaban J connectivity index is 3.45. The summed E-state index contributed by atoms with van der Waals surface area (Å²) >= 11 is 0. The van der Waals surface area contributed by atoms with Crippen LogP contribution in [0.5, 0.6) is 0 Å². The van der Waals surface area contributed by atoms with Crippen LogP contribution < -0.4 is 0 Å². The van der Waals surface area contributed by atoms with E-state index in [0.29, 0.717) is 18.8 Å². The number of allylic oxidation sites excluding steroid dienone is 2.